The third-order valence-electron chi connectivity index (χ3n) is 2.49. The first-order chi connectivity index (χ1) is 6.28. The molecule has 0 aliphatic heterocycles. The summed E-state index contributed by atoms with van der Waals surface area (Å²) in [6.07, 6.45) is 0. The van der Waals surface area contributed by atoms with Gasteiger partial charge in [0.25, 0.3) is 0 Å². The van der Waals surface area contributed by atoms with Gasteiger partial charge in [-0.1, -0.05) is 20.8 Å². The van der Waals surface area contributed by atoms with E-state index in [1.54, 1.807) is 6.92 Å². The van der Waals surface area contributed by atoms with Gasteiger partial charge in [0.15, 0.2) is 9.84 Å². The number of hydrogen-bond acceptors (Lipinski definition) is 3. The SMILES string of the molecule is CCS(=O)(=O)CC(C)NC(C)C(C)C. The highest BCUT2D eigenvalue weighted by molar-refractivity contribution is 7.91. The van der Waals surface area contributed by atoms with Crippen LogP contribution in [0.3, 0.4) is 0 Å². The van der Waals surface area contributed by atoms with Gasteiger partial charge in [-0.05, 0) is 19.8 Å². The molecule has 0 aromatic carbocycles. The average molecular weight is 221 g/mol. The number of hydrogen-bond donors (Lipinski definition) is 1. The smallest absolute Gasteiger partial charge is 0.151 e. The van der Waals surface area contributed by atoms with Gasteiger partial charge >= 0.3 is 0 Å². The quantitative estimate of drug-likeness (QED) is 0.738. The van der Waals surface area contributed by atoms with Gasteiger partial charge in [-0.3, -0.25) is 0 Å². The molecule has 0 fully saturated rings. The summed E-state index contributed by atoms with van der Waals surface area (Å²) in [7, 11) is -2.85. The summed E-state index contributed by atoms with van der Waals surface area (Å²) in [6.45, 7) is 9.94. The molecule has 2 unspecified atom stereocenters. The Kier molecular flexibility index (Phi) is 5.67. The molecule has 0 aromatic heterocycles. The second-order valence-corrected chi connectivity index (χ2v) is 6.70. The van der Waals surface area contributed by atoms with E-state index in [0.717, 1.165) is 0 Å². The van der Waals surface area contributed by atoms with Crippen LogP contribution in [0, 0.1) is 5.92 Å². The summed E-state index contributed by atoms with van der Waals surface area (Å²) >= 11 is 0. The van der Waals surface area contributed by atoms with Gasteiger partial charge in [-0.2, -0.15) is 0 Å². The van der Waals surface area contributed by atoms with Crippen LogP contribution in [-0.4, -0.2) is 32.0 Å². The Labute approximate surface area is 88.2 Å². The van der Waals surface area contributed by atoms with Crippen LogP contribution in [0.2, 0.25) is 0 Å². The summed E-state index contributed by atoms with van der Waals surface area (Å²) < 4.78 is 22.6. The minimum atomic E-state index is -2.85. The van der Waals surface area contributed by atoms with Crippen molar-refractivity contribution in [1.29, 1.82) is 0 Å². The van der Waals surface area contributed by atoms with E-state index in [1.165, 1.54) is 0 Å². The zero-order valence-electron chi connectivity index (χ0n) is 9.87. The molecular weight excluding hydrogens is 198 g/mol. The first-order valence-corrected chi connectivity index (χ1v) is 7.07. The molecule has 0 heterocycles. The van der Waals surface area contributed by atoms with Gasteiger partial charge in [-0.15, -0.1) is 0 Å². The van der Waals surface area contributed by atoms with E-state index in [-0.39, 0.29) is 17.5 Å². The largest absolute Gasteiger partial charge is 0.311 e. The molecule has 2 atom stereocenters. The summed E-state index contributed by atoms with van der Waals surface area (Å²) in [5.74, 6) is 0.997. The van der Waals surface area contributed by atoms with Crippen LogP contribution in [0.4, 0.5) is 0 Å². The molecule has 0 radical (unpaired) electrons. The molecule has 4 heteroatoms. The Balaban J connectivity index is 4.05. The minimum absolute atomic E-state index is 0.0392. The van der Waals surface area contributed by atoms with Crippen LogP contribution in [0.15, 0.2) is 0 Å². The predicted octanol–water partition coefficient (Wildman–Crippen LogP) is 1.44. The van der Waals surface area contributed by atoms with Gasteiger partial charge in [0.05, 0.1) is 5.75 Å². The van der Waals surface area contributed by atoms with Crippen LogP contribution in [0.1, 0.15) is 34.6 Å². The molecule has 3 nitrogen and oxygen atoms in total. The molecule has 0 aliphatic rings. The lowest BCUT2D eigenvalue weighted by molar-refractivity contribution is 0.395. The van der Waals surface area contributed by atoms with Crippen LogP contribution < -0.4 is 5.32 Å². The second-order valence-electron chi connectivity index (χ2n) is 4.30. The molecule has 0 saturated heterocycles. The van der Waals surface area contributed by atoms with Crippen molar-refractivity contribution in [1.82, 2.24) is 5.32 Å². The Morgan fingerprint density at radius 2 is 1.64 bits per heavy atom. The molecule has 0 aromatic rings. The predicted molar refractivity (Wildman–Crippen MR) is 61.2 cm³/mol. The van der Waals surface area contributed by atoms with Gasteiger partial charge in [-0.25, -0.2) is 8.42 Å². The zero-order valence-corrected chi connectivity index (χ0v) is 10.7. The monoisotopic (exact) mass is 221 g/mol. The Morgan fingerprint density at radius 3 is 2.00 bits per heavy atom. The molecule has 86 valence electrons. The molecule has 0 bridgehead atoms. The highest BCUT2D eigenvalue weighted by atomic mass is 32.2. The van der Waals surface area contributed by atoms with Crippen LogP contribution in [0.5, 0.6) is 0 Å². The standard InChI is InChI=1S/C10H23NO2S/c1-6-14(12,13)7-9(4)11-10(5)8(2)3/h8-11H,6-7H2,1-5H3. The number of sulfone groups is 1. The van der Waals surface area contributed by atoms with E-state index in [0.29, 0.717) is 12.0 Å². The summed E-state index contributed by atoms with van der Waals surface area (Å²) in [4.78, 5) is 0. The second kappa shape index (κ2) is 5.71. The maximum Gasteiger partial charge on any atom is 0.151 e. The maximum atomic E-state index is 11.3. The molecule has 0 aliphatic carbocycles. The highest BCUT2D eigenvalue weighted by Crippen LogP contribution is 2.03. The van der Waals surface area contributed by atoms with Crippen molar-refractivity contribution in [2.24, 2.45) is 5.92 Å². The first-order valence-electron chi connectivity index (χ1n) is 5.25. The lowest BCUT2D eigenvalue weighted by Gasteiger charge is -2.22. The van der Waals surface area contributed by atoms with Crippen LogP contribution >= 0.6 is 0 Å². The van der Waals surface area contributed by atoms with E-state index in [9.17, 15) is 8.42 Å². The fourth-order valence-electron chi connectivity index (χ4n) is 1.19. The molecule has 0 saturated carbocycles. The minimum Gasteiger partial charge on any atom is -0.311 e. The van der Waals surface area contributed by atoms with Crippen molar-refractivity contribution in [3.05, 3.63) is 0 Å². The van der Waals surface area contributed by atoms with Gasteiger partial charge in [0, 0.05) is 17.8 Å². The fraction of sp³-hybridized carbons (Fsp3) is 1.00. The van der Waals surface area contributed by atoms with Crippen molar-refractivity contribution in [2.45, 2.75) is 46.7 Å². The van der Waals surface area contributed by atoms with Crippen LogP contribution in [0.25, 0.3) is 0 Å². The molecule has 14 heavy (non-hydrogen) atoms. The van der Waals surface area contributed by atoms with Crippen molar-refractivity contribution in [3.63, 3.8) is 0 Å². The normalized spacial score (nSPS) is 17.0. The Bertz CT molecular complexity index is 247. The van der Waals surface area contributed by atoms with Gasteiger partial charge in [0.1, 0.15) is 0 Å². The molecule has 0 amide bonds. The van der Waals surface area contributed by atoms with E-state index in [1.807, 2.05) is 6.92 Å². The third-order valence-corrected chi connectivity index (χ3v) is 4.38. The zero-order chi connectivity index (χ0) is 11.4. The topological polar surface area (TPSA) is 46.2 Å². The lowest BCUT2D eigenvalue weighted by atomic mass is 10.1. The summed E-state index contributed by atoms with van der Waals surface area (Å²) in [6, 6.07) is 0.398. The average Bonchev–Trinajstić information content (AvgIpc) is 2.02. The molecule has 0 rings (SSSR count). The Morgan fingerprint density at radius 1 is 1.14 bits per heavy atom. The maximum absolute atomic E-state index is 11.3. The lowest BCUT2D eigenvalue weighted by Crippen LogP contribution is -2.41. The third kappa shape index (κ3) is 5.60. The van der Waals surface area contributed by atoms with Crippen molar-refractivity contribution in [3.8, 4) is 0 Å². The van der Waals surface area contributed by atoms with Crippen LogP contribution in [-0.2, 0) is 9.84 Å². The van der Waals surface area contributed by atoms with E-state index < -0.39 is 9.84 Å². The van der Waals surface area contributed by atoms with E-state index in [4.69, 9.17) is 0 Å². The van der Waals surface area contributed by atoms with Crippen molar-refractivity contribution in [2.75, 3.05) is 11.5 Å². The van der Waals surface area contributed by atoms with Gasteiger partial charge < -0.3 is 5.32 Å². The Hall–Kier alpha value is -0.0900. The molecule has 0 spiro atoms. The fourth-order valence-corrected chi connectivity index (χ4v) is 2.28. The number of rotatable bonds is 6. The van der Waals surface area contributed by atoms with E-state index >= 15 is 0 Å². The van der Waals surface area contributed by atoms with Gasteiger partial charge in [0.2, 0.25) is 0 Å². The molecule has 1 N–H and O–H groups in total. The highest BCUT2D eigenvalue weighted by Gasteiger charge is 2.16. The molecular formula is C10H23NO2S. The summed E-state index contributed by atoms with van der Waals surface area (Å²) in [5, 5.41) is 3.29. The number of nitrogens with one attached hydrogen (secondary N) is 1. The summed E-state index contributed by atoms with van der Waals surface area (Å²) in [5.41, 5.74) is 0. The van der Waals surface area contributed by atoms with Crippen molar-refractivity contribution >= 4 is 9.84 Å². The first kappa shape index (κ1) is 13.9. The van der Waals surface area contributed by atoms with Crippen molar-refractivity contribution < 1.29 is 8.42 Å². The van der Waals surface area contributed by atoms with E-state index in [2.05, 4.69) is 26.1 Å².